The molecule has 0 bridgehead atoms. The van der Waals surface area contributed by atoms with Crippen LogP contribution in [0.2, 0.25) is 0 Å². The van der Waals surface area contributed by atoms with E-state index in [4.69, 9.17) is 4.74 Å². The highest BCUT2D eigenvalue weighted by atomic mass is 16.6. The second-order valence-corrected chi connectivity index (χ2v) is 7.53. The van der Waals surface area contributed by atoms with Crippen LogP contribution in [0.4, 0.5) is 26.7 Å². The summed E-state index contributed by atoms with van der Waals surface area (Å²) in [5.74, 6) is -0.558. The number of nitro benzene ring substituents is 1. The van der Waals surface area contributed by atoms with E-state index in [0.29, 0.717) is 41.2 Å². The second-order valence-electron chi connectivity index (χ2n) is 7.53. The van der Waals surface area contributed by atoms with Crippen LogP contribution in [0.3, 0.4) is 0 Å². The van der Waals surface area contributed by atoms with Gasteiger partial charge in [0.15, 0.2) is 0 Å². The number of benzene rings is 2. The van der Waals surface area contributed by atoms with Crippen LogP contribution in [-0.2, 0) is 9.53 Å². The number of ether oxygens (including phenoxy) is 1. The minimum absolute atomic E-state index is 0.0875. The van der Waals surface area contributed by atoms with Crippen LogP contribution in [-0.4, -0.2) is 41.5 Å². The maximum Gasteiger partial charge on any atom is 0.337 e. The molecule has 1 aliphatic rings. The van der Waals surface area contributed by atoms with Gasteiger partial charge in [-0.15, -0.1) is 0 Å². The minimum Gasteiger partial charge on any atom is -0.466 e. The summed E-state index contributed by atoms with van der Waals surface area (Å²) in [5, 5.41) is 18.9. The number of methoxy groups -OCH3 is 1. The fourth-order valence-corrected chi connectivity index (χ4v) is 3.65. The summed E-state index contributed by atoms with van der Waals surface area (Å²) in [6, 6.07) is 10.5. The summed E-state index contributed by atoms with van der Waals surface area (Å²) >= 11 is 0. The number of nitro groups is 1. The Hall–Kier alpha value is -4.41. The number of nitrogens with zero attached hydrogens (tertiary/aromatic N) is 2. The number of carbonyl (C=O) groups is 3. The number of rotatable bonds is 7. The molecule has 0 saturated heterocycles. The number of esters is 1. The summed E-state index contributed by atoms with van der Waals surface area (Å²) < 4.78 is 4.96. The lowest BCUT2D eigenvalue weighted by Crippen LogP contribution is -2.48. The summed E-state index contributed by atoms with van der Waals surface area (Å²) in [7, 11) is 1.28. The molecule has 0 aliphatic carbocycles. The molecule has 3 N–H and O–H groups in total. The lowest BCUT2D eigenvalue weighted by atomic mass is 9.94. The molecule has 0 aromatic heterocycles. The number of urea groups is 2. The standard InChI is InChI=1S/C23H25N5O6/c1-4-12-27-14(2)19(21(29)34-3)20(26-23(27)31)15-6-5-7-17(13-15)25-22(30)24-16-8-10-18(11-9-16)28(32)33/h5-11,13,20H,4,12H2,1-3H3,(H,26,31)(H2,24,25,30)/t20-/m1/s1. The van der Waals surface area contributed by atoms with Gasteiger partial charge in [-0.2, -0.15) is 0 Å². The molecule has 4 amide bonds. The highest BCUT2D eigenvalue weighted by molar-refractivity contribution is 6.00. The Morgan fingerprint density at radius 2 is 1.82 bits per heavy atom. The molecule has 0 radical (unpaired) electrons. The minimum atomic E-state index is -0.757. The van der Waals surface area contributed by atoms with Crippen molar-refractivity contribution in [3.05, 3.63) is 75.5 Å². The lowest BCUT2D eigenvalue weighted by Gasteiger charge is -2.35. The molecular formula is C23H25N5O6. The van der Waals surface area contributed by atoms with Gasteiger partial charge in [0, 0.05) is 35.7 Å². The number of non-ortho nitro benzene ring substituents is 1. The number of amides is 4. The highest BCUT2D eigenvalue weighted by Gasteiger charge is 2.36. The third-order valence-electron chi connectivity index (χ3n) is 5.26. The number of hydrogen-bond acceptors (Lipinski definition) is 6. The van der Waals surface area contributed by atoms with Crippen LogP contribution < -0.4 is 16.0 Å². The predicted octanol–water partition coefficient (Wildman–Crippen LogP) is 4.16. The van der Waals surface area contributed by atoms with Crippen molar-refractivity contribution in [3.8, 4) is 0 Å². The van der Waals surface area contributed by atoms with Gasteiger partial charge in [-0.05, 0) is 43.2 Å². The summed E-state index contributed by atoms with van der Waals surface area (Å²) in [6.07, 6.45) is 0.715. The van der Waals surface area contributed by atoms with Gasteiger partial charge >= 0.3 is 18.0 Å². The summed E-state index contributed by atoms with van der Waals surface area (Å²) in [6.45, 7) is 4.09. The molecule has 3 rings (SSSR count). The van der Waals surface area contributed by atoms with Gasteiger partial charge in [0.05, 0.1) is 23.6 Å². The molecule has 2 aromatic rings. The molecular weight excluding hydrogens is 442 g/mol. The van der Waals surface area contributed by atoms with E-state index in [-0.39, 0.29) is 11.7 Å². The molecule has 11 heteroatoms. The van der Waals surface area contributed by atoms with Crippen molar-refractivity contribution < 1.29 is 24.0 Å². The van der Waals surface area contributed by atoms with Crippen LogP contribution in [0.1, 0.15) is 31.9 Å². The Balaban J connectivity index is 1.82. The Labute approximate surface area is 195 Å². The van der Waals surface area contributed by atoms with E-state index < -0.39 is 23.0 Å². The summed E-state index contributed by atoms with van der Waals surface area (Å²) in [5.41, 5.74) is 2.11. The monoisotopic (exact) mass is 467 g/mol. The molecule has 1 atom stereocenters. The first-order valence-corrected chi connectivity index (χ1v) is 10.5. The van der Waals surface area contributed by atoms with Gasteiger partial charge in [0.1, 0.15) is 0 Å². The molecule has 0 saturated carbocycles. The first-order valence-electron chi connectivity index (χ1n) is 10.5. The number of nitrogens with one attached hydrogen (secondary N) is 3. The average Bonchev–Trinajstić information content (AvgIpc) is 2.81. The second kappa shape index (κ2) is 10.5. The normalized spacial score (nSPS) is 15.4. The molecule has 11 nitrogen and oxygen atoms in total. The first kappa shape index (κ1) is 24.2. The third-order valence-corrected chi connectivity index (χ3v) is 5.26. The van der Waals surface area contributed by atoms with Gasteiger partial charge in [0.2, 0.25) is 0 Å². The molecule has 1 aliphatic heterocycles. The molecule has 2 aromatic carbocycles. The fourth-order valence-electron chi connectivity index (χ4n) is 3.65. The largest absolute Gasteiger partial charge is 0.466 e. The highest BCUT2D eigenvalue weighted by Crippen LogP contribution is 2.32. The molecule has 0 fully saturated rings. The third kappa shape index (κ3) is 5.31. The fraction of sp³-hybridized carbons (Fsp3) is 0.261. The van der Waals surface area contributed by atoms with Crippen molar-refractivity contribution in [2.45, 2.75) is 26.3 Å². The van der Waals surface area contributed by atoms with Crippen molar-refractivity contribution in [2.75, 3.05) is 24.3 Å². The van der Waals surface area contributed by atoms with Crippen molar-refractivity contribution in [1.29, 1.82) is 0 Å². The molecule has 1 heterocycles. The Morgan fingerprint density at radius 1 is 1.15 bits per heavy atom. The van der Waals surface area contributed by atoms with Crippen molar-refractivity contribution >= 4 is 35.1 Å². The Bertz CT molecular complexity index is 1140. The Morgan fingerprint density at radius 3 is 2.44 bits per heavy atom. The molecule has 0 unspecified atom stereocenters. The zero-order valence-electron chi connectivity index (χ0n) is 19.0. The van der Waals surface area contributed by atoms with E-state index in [1.807, 2.05) is 6.92 Å². The van der Waals surface area contributed by atoms with E-state index in [0.717, 1.165) is 0 Å². The number of hydrogen-bond donors (Lipinski definition) is 3. The van der Waals surface area contributed by atoms with Crippen LogP contribution in [0.15, 0.2) is 59.8 Å². The van der Waals surface area contributed by atoms with Gasteiger partial charge in [-0.1, -0.05) is 19.1 Å². The van der Waals surface area contributed by atoms with E-state index in [1.54, 1.807) is 31.2 Å². The van der Waals surface area contributed by atoms with Gasteiger partial charge < -0.3 is 20.7 Å². The van der Waals surface area contributed by atoms with Crippen molar-refractivity contribution in [1.82, 2.24) is 10.2 Å². The number of anilines is 2. The molecule has 178 valence electrons. The van der Waals surface area contributed by atoms with Crippen molar-refractivity contribution in [3.63, 3.8) is 0 Å². The molecule has 0 spiro atoms. The lowest BCUT2D eigenvalue weighted by molar-refractivity contribution is -0.384. The number of carbonyl (C=O) groups excluding carboxylic acids is 3. The van der Waals surface area contributed by atoms with Gasteiger partial charge in [-0.3, -0.25) is 15.0 Å². The quantitative estimate of drug-likeness (QED) is 0.317. The maximum atomic E-state index is 12.7. The SMILES string of the molecule is CCCN1C(=O)N[C@H](c2cccc(NC(=O)Nc3ccc([N+](=O)[O-])cc3)c2)C(C(=O)OC)=C1C. The predicted molar refractivity (Wildman–Crippen MR) is 125 cm³/mol. The van der Waals surface area contributed by atoms with Crippen LogP contribution in [0.5, 0.6) is 0 Å². The van der Waals surface area contributed by atoms with Crippen LogP contribution >= 0.6 is 0 Å². The van der Waals surface area contributed by atoms with E-state index in [1.165, 1.54) is 36.3 Å². The van der Waals surface area contributed by atoms with E-state index in [9.17, 15) is 24.5 Å². The average molecular weight is 467 g/mol. The van der Waals surface area contributed by atoms with Gasteiger partial charge in [-0.25, -0.2) is 14.4 Å². The van der Waals surface area contributed by atoms with Crippen molar-refractivity contribution in [2.24, 2.45) is 0 Å². The van der Waals surface area contributed by atoms with Crippen LogP contribution in [0, 0.1) is 10.1 Å². The molecule has 34 heavy (non-hydrogen) atoms. The maximum absolute atomic E-state index is 12.7. The topological polar surface area (TPSA) is 143 Å². The first-order chi connectivity index (χ1) is 16.2. The van der Waals surface area contributed by atoms with E-state index >= 15 is 0 Å². The van der Waals surface area contributed by atoms with Gasteiger partial charge in [0.25, 0.3) is 5.69 Å². The number of allylic oxidation sites excluding steroid dienone is 1. The smallest absolute Gasteiger partial charge is 0.337 e. The zero-order chi connectivity index (χ0) is 24.8. The van der Waals surface area contributed by atoms with Crippen LogP contribution in [0.25, 0.3) is 0 Å². The van der Waals surface area contributed by atoms with E-state index in [2.05, 4.69) is 16.0 Å². The Kier molecular flexibility index (Phi) is 7.46. The summed E-state index contributed by atoms with van der Waals surface area (Å²) in [4.78, 5) is 49.4. The zero-order valence-corrected chi connectivity index (χ0v) is 19.0.